The fraction of sp³-hybridized carbons (Fsp3) is 0. The third-order valence-electron chi connectivity index (χ3n) is 2.60. The maximum atomic E-state index is 13.7. The van der Waals surface area contributed by atoms with Crippen molar-refractivity contribution in [2.45, 2.75) is 0 Å². The van der Waals surface area contributed by atoms with Crippen LogP contribution in [0.15, 0.2) is 30.3 Å². The molecule has 2 aromatic rings. The topological polar surface area (TPSA) is 52.9 Å². The van der Waals surface area contributed by atoms with Crippen LogP contribution in [0, 0.1) is 23.0 Å². The minimum atomic E-state index is -0.843. The molecule has 0 aliphatic heterocycles. The van der Waals surface area contributed by atoms with Crippen LogP contribution in [0.5, 0.6) is 0 Å². The summed E-state index contributed by atoms with van der Waals surface area (Å²) in [4.78, 5) is 12.0. The van der Waals surface area contributed by atoms with E-state index in [1.807, 2.05) is 0 Å². The highest BCUT2D eigenvalue weighted by atomic mass is 35.5. The number of hydrogen-bond acceptors (Lipinski definition) is 2. The Hall–Kier alpha value is -2.16. The van der Waals surface area contributed by atoms with E-state index in [4.69, 9.17) is 28.5 Å². The summed E-state index contributed by atoms with van der Waals surface area (Å²) in [5, 5.41) is 11.1. The lowest BCUT2D eigenvalue weighted by Crippen LogP contribution is -2.14. The Morgan fingerprint density at radius 3 is 2.43 bits per heavy atom. The standard InChI is InChI=1S/C14H6Cl2F2N2O/c15-10-4-9(13(18)5-11(10)16)14(21)20-8-1-2-12(17)7(3-8)6-19/h1-5H,(H,20,21). The van der Waals surface area contributed by atoms with Crippen molar-refractivity contribution in [3.63, 3.8) is 0 Å². The maximum Gasteiger partial charge on any atom is 0.258 e. The van der Waals surface area contributed by atoms with E-state index in [9.17, 15) is 13.6 Å². The Labute approximate surface area is 128 Å². The molecule has 0 atom stereocenters. The molecular weight excluding hydrogens is 321 g/mol. The van der Waals surface area contributed by atoms with Crippen molar-refractivity contribution in [3.8, 4) is 6.07 Å². The van der Waals surface area contributed by atoms with E-state index in [1.54, 1.807) is 6.07 Å². The highest BCUT2D eigenvalue weighted by Gasteiger charge is 2.15. The zero-order valence-corrected chi connectivity index (χ0v) is 11.8. The number of nitriles is 1. The second kappa shape index (κ2) is 6.08. The van der Waals surface area contributed by atoms with Gasteiger partial charge in [0.25, 0.3) is 5.91 Å². The lowest BCUT2D eigenvalue weighted by Gasteiger charge is -2.08. The van der Waals surface area contributed by atoms with E-state index in [0.717, 1.165) is 24.3 Å². The van der Waals surface area contributed by atoms with Gasteiger partial charge in [0.05, 0.1) is 21.2 Å². The Kier molecular flexibility index (Phi) is 4.41. The first-order valence-corrected chi connectivity index (χ1v) is 6.33. The van der Waals surface area contributed by atoms with Gasteiger partial charge in [0.15, 0.2) is 0 Å². The van der Waals surface area contributed by atoms with Gasteiger partial charge in [0.1, 0.15) is 17.7 Å². The van der Waals surface area contributed by atoms with Crippen molar-refractivity contribution in [2.75, 3.05) is 5.32 Å². The fourth-order valence-electron chi connectivity index (χ4n) is 1.58. The maximum absolute atomic E-state index is 13.7. The molecule has 7 heteroatoms. The lowest BCUT2D eigenvalue weighted by molar-refractivity contribution is 0.102. The van der Waals surface area contributed by atoms with Gasteiger partial charge < -0.3 is 5.32 Å². The minimum absolute atomic E-state index is 0.0146. The van der Waals surface area contributed by atoms with E-state index in [-0.39, 0.29) is 26.9 Å². The molecular formula is C14H6Cl2F2N2O. The molecule has 0 heterocycles. The van der Waals surface area contributed by atoms with Crippen molar-refractivity contribution in [1.82, 2.24) is 0 Å². The van der Waals surface area contributed by atoms with Gasteiger partial charge in [0.2, 0.25) is 0 Å². The van der Waals surface area contributed by atoms with E-state index in [1.165, 1.54) is 6.07 Å². The van der Waals surface area contributed by atoms with Crippen molar-refractivity contribution in [2.24, 2.45) is 0 Å². The third-order valence-corrected chi connectivity index (χ3v) is 3.32. The summed E-state index contributed by atoms with van der Waals surface area (Å²) in [6.45, 7) is 0. The number of benzene rings is 2. The largest absolute Gasteiger partial charge is 0.322 e. The van der Waals surface area contributed by atoms with E-state index in [2.05, 4.69) is 5.32 Å². The molecule has 2 rings (SSSR count). The van der Waals surface area contributed by atoms with Crippen LogP contribution in [0.2, 0.25) is 10.0 Å². The van der Waals surface area contributed by atoms with Crippen molar-refractivity contribution in [1.29, 1.82) is 5.26 Å². The summed E-state index contributed by atoms with van der Waals surface area (Å²) in [5.41, 5.74) is -0.391. The first kappa shape index (κ1) is 15.2. The average Bonchev–Trinajstić information content (AvgIpc) is 2.44. The van der Waals surface area contributed by atoms with Crippen LogP contribution in [0.4, 0.5) is 14.5 Å². The molecule has 0 aliphatic rings. The number of halogens is 4. The summed E-state index contributed by atoms with van der Waals surface area (Å²) < 4.78 is 26.8. The Morgan fingerprint density at radius 1 is 1.10 bits per heavy atom. The van der Waals surface area contributed by atoms with Gasteiger partial charge in [-0.25, -0.2) is 8.78 Å². The molecule has 0 fully saturated rings. The van der Waals surface area contributed by atoms with Crippen LogP contribution >= 0.6 is 23.2 Å². The van der Waals surface area contributed by atoms with Gasteiger partial charge in [-0.05, 0) is 30.3 Å². The van der Waals surface area contributed by atoms with Crippen LogP contribution in [0.1, 0.15) is 15.9 Å². The SMILES string of the molecule is N#Cc1cc(NC(=O)c2cc(Cl)c(Cl)cc2F)ccc1F. The van der Waals surface area contributed by atoms with Gasteiger partial charge in [-0.15, -0.1) is 0 Å². The monoisotopic (exact) mass is 326 g/mol. The molecule has 3 nitrogen and oxygen atoms in total. The van der Waals surface area contributed by atoms with Crippen molar-refractivity contribution in [3.05, 3.63) is 63.1 Å². The van der Waals surface area contributed by atoms with Crippen LogP contribution in [0.25, 0.3) is 0 Å². The summed E-state index contributed by atoms with van der Waals surface area (Å²) >= 11 is 11.4. The number of nitrogens with one attached hydrogen (secondary N) is 1. The zero-order chi connectivity index (χ0) is 15.6. The Balaban J connectivity index is 2.31. The van der Waals surface area contributed by atoms with Gasteiger partial charge in [0, 0.05) is 5.69 Å². The molecule has 0 bridgehead atoms. The average molecular weight is 327 g/mol. The molecule has 0 saturated heterocycles. The van der Waals surface area contributed by atoms with Gasteiger partial charge >= 0.3 is 0 Å². The third kappa shape index (κ3) is 3.30. The molecule has 0 radical (unpaired) electrons. The molecule has 21 heavy (non-hydrogen) atoms. The summed E-state index contributed by atoms with van der Waals surface area (Å²) in [6.07, 6.45) is 0. The molecule has 1 N–H and O–H groups in total. The molecule has 0 aromatic heterocycles. The summed E-state index contributed by atoms with van der Waals surface area (Å²) in [7, 11) is 0. The minimum Gasteiger partial charge on any atom is -0.322 e. The highest BCUT2D eigenvalue weighted by molar-refractivity contribution is 6.42. The molecule has 0 spiro atoms. The number of carbonyl (C=O) groups is 1. The van der Waals surface area contributed by atoms with Crippen LogP contribution < -0.4 is 5.32 Å². The zero-order valence-electron chi connectivity index (χ0n) is 10.3. The smallest absolute Gasteiger partial charge is 0.258 e. The van der Waals surface area contributed by atoms with E-state index < -0.39 is 17.5 Å². The molecule has 1 amide bonds. The lowest BCUT2D eigenvalue weighted by atomic mass is 10.1. The van der Waals surface area contributed by atoms with Crippen LogP contribution in [0.3, 0.4) is 0 Å². The second-order valence-corrected chi connectivity index (χ2v) is 4.82. The predicted octanol–water partition coefficient (Wildman–Crippen LogP) is 4.40. The quantitative estimate of drug-likeness (QED) is 0.832. The van der Waals surface area contributed by atoms with Crippen molar-refractivity contribution < 1.29 is 13.6 Å². The highest BCUT2D eigenvalue weighted by Crippen LogP contribution is 2.26. The molecule has 0 unspecified atom stereocenters. The van der Waals surface area contributed by atoms with Gasteiger partial charge in [-0.2, -0.15) is 5.26 Å². The Bertz CT molecular complexity index is 772. The number of nitrogens with zero attached hydrogens (tertiary/aromatic N) is 1. The second-order valence-electron chi connectivity index (χ2n) is 4.01. The summed E-state index contributed by atoms with van der Waals surface area (Å²) in [5.74, 6) is -2.35. The van der Waals surface area contributed by atoms with E-state index in [0.29, 0.717) is 0 Å². The molecule has 0 saturated carbocycles. The first-order valence-electron chi connectivity index (χ1n) is 5.58. The van der Waals surface area contributed by atoms with Gasteiger partial charge in [-0.3, -0.25) is 4.79 Å². The number of anilines is 1. The molecule has 0 aliphatic carbocycles. The number of amides is 1. The first-order chi connectivity index (χ1) is 9.92. The van der Waals surface area contributed by atoms with Crippen LogP contribution in [-0.2, 0) is 0 Å². The number of carbonyl (C=O) groups excluding carboxylic acids is 1. The Morgan fingerprint density at radius 2 is 1.76 bits per heavy atom. The van der Waals surface area contributed by atoms with E-state index >= 15 is 0 Å². The molecule has 106 valence electrons. The van der Waals surface area contributed by atoms with Crippen LogP contribution in [-0.4, -0.2) is 5.91 Å². The number of rotatable bonds is 2. The fourth-order valence-corrected chi connectivity index (χ4v) is 1.90. The van der Waals surface area contributed by atoms with Gasteiger partial charge in [-0.1, -0.05) is 23.2 Å². The number of hydrogen-bond donors (Lipinski definition) is 1. The molecule has 2 aromatic carbocycles. The summed E-state index contributed by atoms with van der Waals surface area (Å²) in [6, 6.07) is 7.07. The predicted molar refractivity (Wildman–Crippen MR) is 75.5 cm³/mol. The van der Waals surface area contributed by atoms with Crippen molar-refractivity contribution >= 4 is 34.8 Å². The normalized spacial score (nSPS) is 10.0.